The van der Waals surface area contributed by atoms with Gasteiger partial charge < -0.3 is 21.3 Å². The normalized spacial score (nSPS) is 16.8. The van der Waals surface area contributed by atoms with Gasteiger partial charge in [0.25, 0.3) is 0 Å². The third kappa shape index (κ3) is 3.14. The molecule has 0 atom stereocenters. The molecule has 21 heavy (non-hydrogen) atoms. The van der Waals surface area contributed by atoms with Gasteiger partial charge in [-0.1, -0.05) is 6.08 Å². The molecule has 0 spiro atoms. The molecule has 0 amide bonds. The van der Waals surface area contributed by atoms with Crippen LogP contribution in [-0.2, 0) is 4.74 Å². The molecule has 1 aromatic heterocycles. The summed E-state index contributed by atoms with van der Waals surface area (Å²) in [5.41, 5.74) is 7.98. The van der Waals surface area contributed by atoms with E-state index in [4.69, 9.17) is 21.3 Å². The standard InChI is InChI=1S/C16H16N4O/c1-21-16(12-3-2-8-20-10-12)13-9-11(4-5-15(13)19)14(18)6-7-17/h2-10,18-19H,17H2,1H3/b7-6-,16-13-,18-14?,19-15?. The Bertz CT molecular complexity index is 681. The lowest BCUT2D eigenvalue weighted by atomic mass is 9.94. The van der Waals surface area contributed by atoms with E-state index in [1.165, 1.54) is 12.3 Å². The molecule has 0 aromatic carbocycles. The van der Waals surface area contributed by atoms with E-state index >= 15 is 0 Å². The maximum atomic E-state index is 8.06. The number of nitrogens with two attached hydrogens (primary N) is 1. The van der Waals surface area contributed by atoms with Gasteiger partial charge in [-0.25, -0.2) is 0 Å². The molecule has 0 aliphatic heterocycles. The Morgan fingerprint density at radius 2 is 2.19 bits per heavy atom. The summed E-state index contributed by atoms with van der Waals surface area (Å²) in [6.45, 7) is 0. The van der Waals surface area contributed by atoms with Gasteiger partial charge >= 0.3 is 0 Å². The fraction of sp³-hybridized carbons (Fsp3) is 0.0625. The van der Waals surface area contributed by atoms with E-state index in [9.17, 15) is 0 Å². The summed E-state index contributed by atoms with van der Waals surface area (Å²) in [4.78, 5) is 4.06. The zero-order valence-electron chi connectivity index (χ0n) is 11.6. The van der Waals surface area contributed by atoms with Crippen LogP contribution >= 0.6 is 0 Å². The van der Waals surface area contributed by atoms with Crippen LogP contribution in [0.25, 0.3) is 5.76 Å². The van der Waals surface area contributed by atoms with Crippen molar-refractivity contribution in [3.05, 3.63) is 71.7 Å². The molecule has 106 valence electrons. The lowest BCUT2D eigenvalue weighted by Gasteiger charge is -2.15. The summed E-state index contributed by atoms with van der Waals surface area (Å²) < 4.78 is 5.44. The van der Waals surface area contributed by atoms with E-state index in [1.807, 2.05) is 6.07 Å². The van der Waals surface area contributed by atoms with Gasteiger partial charge in [-0.2, -0.15) is 0 Å². The van der Waals surface area contributed by atoms with Crippen molar-refractivity contribution in [2.45, 2.75) is 0 Å². The van der Waals surface area contributed by atoms with E-state index in [0.717, 1.165) is 5.56 Å². The van der Waals surface area contributed by atoms with Crippen LogP contribution in [-0.4, -0.2) is 23.5 Å². The molecule has 1 heterocycles. The maximum Gasteiger partial charge on any atom is 0.137 e. The van der Waals surface area contributed by atoms with Gasteiger partial charge in [0.15, 0.2) is 0 Å². The number of ether oxygens (including phenoxy) is 1. The van der Waals surface area contributed by atoms with E-state index in [1.54, 1.807) is 43.8 Å². The van der Waals surface area contributed by atoms with Crippen LogP contribution < -0.4 is 5.73 Å². The molecular formula is C16H16N4O. The molecule has 1 aromatic rings. The maximum absolute atomic E-state index is 8.06. The lowest BCUT2D eigenvalue weighted by Crippen LogP contribution is -2.09. The molecule has 5 nitrogen and oxygen atoms in total. The fourth-order valence-corrected chi connectivity index (χ4v) is 1.97. The first-order valence-electron chi connectivity index (χ1n) is 6.32. The van der Waals surface area contributed by atoms with E-state index in [2.05, 4.69) is 4.98 Å². The quantitative estimate of drug-likeness (QED) is 0.584. The average molecular weight is 280 g/mol. The third-order valence-electron chi connectivity index (χ3n) is 2.97. The number of methoxy groups -OCH3 is 1. The number of hydrogen-bond donors (Lipinski definition) is 3. The van der Waals surface area contributed by atoms with Crippen molar-refractivity contribution in [1.82, 2.24) is 4.98 Å². The molecule has 0 radical (unpaired) electrons. The molecule has 1 aliphatic rings. The molecule has 0 saturated carbocycles. The zero-order chi connectivity index (χ0) is 15.2. The minimum absolute atomic E-state index is 0.278. The van der Waals surface area contributed by atoms with E-state index in [-0.39, 0.29) is 5.71 Å². The van der Waals surface area contributed by atoms with Crippen LogP contribution in [0.2, 0.25) is 0 Å². The van der Waals surface area contributed by atoms with Crippen molar-refractivity contribution in [3.8, 4) is 0 Å². The molecule has 0 unspecified atom stereocenters. The number of pyridine rings is 1. The van der Waals surface area contributed by atoms with Crippen molar-refractivity contribution in [2.24, 2.45) is 5.73 Å². The van der Waals surface area contributed by atoms with Gasteiger partial charge in [-0.15, -0.1) is 0 Å². The number of rotatable bonds is 4. The molecule has 0 saturated heterocycles. The highest BCUT2D eigenvalue weighted by atomic mass is 16.5. The summed E-state index contributed by atoms with van der Waals surface area (Å²) in [6, 6.07) is 3.67. The predicted octanol–water partition coefficient (Wildman–Crippen LogP) is 2.45. The number of nitrogens with zero attached hydrogens (tertiary/aromatic N) is 1. The van der Waals surface area contributed by atoms with Crippen LogP contribution in [0.1, 0.15) is 5.56 Å². The second kappa shape index (κ2) is 6.47. The number of allylic oxidation sites excluding steroid dienone is 6. The van der Waals surface area contributed by atoms with Crippen LogP contribution in [0.15, 0.2) is 66.2 Å². The summed E-state index contributed by atoms with van der Waals surface area (Å²) in [5, 5.41) is 16.0. The highest BCUT2D eigenvalue weighted by Gasteiger charge is 2.16. The van der Waals surface area contributed by atoms with Crippen molar-refractivity contribution >= 4 is 17.2 Å². The Balaban J connectivity index is 2.53. The van der Waals surface area contributed by atoms with Gasteiger partial charge in [0.1, 0.15) is 5.76 Å². The molecule has 0 bridgehead atoms. The first-order valence-corrected chi connectivity index (χ1v) is 6.32. The van der Waals surface area contributed by atoms with Gasteiger partial charge in [-0.3, -0.25) is 4.98 Å². The second-order valence-electron chi connectivity index (χ2n) is 4.31. The van der Waals surface area contributed by atoms with Gasteiger partial charge in [-0.05, 0) is 36.6 Å². The zero-order valence-corrected chi connectivity index (χ0v) is 11.6. The summed E-state index contributed by atoms with van der Waals surface area (Å²) in [6.07, 6.45) is 11.3. The van der Waals surface area contributed by atoms with Crippen LogP contribution in [0.3, 0.4) is 0 Å². The van der Waals surface area contributed by atoms with Gasteiger partial charge in [0.05, 0.1) is 18.5 Å². The smallest absolute Gasteiger partial charge is 0.137 e. The van der Waals surface area contributed by atoms with Crippen molar-refractivity contribution in [2.75, 3.05) is 7.11 Å². The molecule has 1 aliphatic carbocycles. The number of hydrogen-bond acceptors (Lipinski definition) is 5. The SMILES string of the molecule is CO/C(=C1/C=C(C(=N)/C=C\N)C=CC1=N)c1cccnc1. The van der Waals surface area contributed by atoms with Gasteiger partial charge in [0.2, 0.25) is 0 Å². The molecule has 4 N–H and O–H groups in total. The van der Waals surface area contributed by atoms with Crippen molar-refractivity contribution in [1.29, 1.82) is 10.8 Å². The largest absolute Gasteiger partial charge is 0.495 e. The van der Waals surface area contributed by atoms with Crippen LogP contribution in [0.5, 0.6) is 0 Å². The minimum Gasteiger partial charge on any atom is -0.495 e. The highest BCUT2D eigenvalue weighted by Crippen LogP contribution is 2.25. The van der Waals surface area contributed by atoms with Crippen molar-refractivity contribution in [3.63, 3.8) is 0 Å². The average Bonchev–Trinajstić information content (AvgIpc) is 2.51. The number of nitrogens with one attached hydrogen (secondary N) is 2. The first-order chi connectivity index (χ1) is 10.2. The Labute approximate surface area is 123 Å². The molecule has 0 fully saturated rings. The molecular weight excluding hydrogens is 264 g/mol. The minimum atomic E-state index is 0.278. The summed E-state index contributed by atoms with van der Waals surface area (Å²) >= 11 is 0. The van der Waals surface area contributed by atoms with Gasteiger partial charge in [0, 0.05) is 29.1 Å². The topological polar surface area (TPSA) is 95.8 Å². The Kier molecular flexibility index (Phi) is 4.46. The Morgan fingerprint density at radius 3 is 2.81 bits per heavy atom. The Morgan fingerprint density at radius 1 is 1.38 bits per heavy atom. The second-order valence-corrected chi connectivity index (χ2v) is 4.31. The van der Waals surface area contributed by atoms with E-state index < -0.39 is 0 Å². The fourth-order valence-electron chi connectivity index (χ4n) is 1.97. The van der Waals surface area contributed by atoms with E-state index in [0.29, 0.717) is 22.6 Å². The van der Waals surface area contributed by atoms with Crippen LogP contribution in [0, 0.1) is 10.8 Å². The molecule has 5 heteroatoms. The predicted molar refractivity (Wildman–Crippen MR) is 84.2 cm³/mol. The summed E-state index contributed by atoms with van der Waals surface area (Å²) in [5.74, 6) is 0.555. The Hall–Kier alpha value is -2.95. The third-order valence-corrected chi connectivity index (χ3v) is 2.97. The first kappa shape index (κ1) is 14.5. The molecule has 2 rings (SSSR count). The monoisotopic (exact) mass is 280 g/mol. The van der Waals surface area contributed by atoms with Crippen molar-refractivity contribution < 1.29 is 4.74 Å². The number of aromatic nitrogens is 1. The highest BCUT2D eigenvalue weighted by molar-refractivity contribution is 6.19. The summed E-state index contributed by atoms with van der Waals surface area (Å²) in [7, 11) is 1.56. The van der Waals surface area contributed by atoms with Crippen LogP contribution in [0.4, 0.5) is 0 Å². The lowest BCUT2D eigenvalue weighted by molar-refractivity contribution is 0.368.